The van der Waals surface area contributed by atoms with Gasteiger partial charge in [0.2, 0.25) is 0 Å². The average molecular weight is 336 g/mol. The number of hydrazone groups is 1. The molecule has 0 amide bonds. The Morgan fingerprint density at radius 1 is 1.36 bits per heavy atom. The number of nitriles is 1. The van der Waals surface area contributed by atoms with Crippen LogP contribution in [0.4, 0.5) is 5.82 Å². The van der Waals surface area contributed by atoms with Crippen molar-refractivity contribution < 1.29 is 9.47 Å². The van der Waals surface area contributed by atoms with Crippen LogP contribution >= 0.6 is 0 Å². The Bertz CT molecular complexity index is 792. The number of methoxy groups -OCH3 is 1. The molecule has 0 unspecified atom stereocenters. The predicted molar refractivity (Wildman–Crippen MR) is 97.8 cm³/mol. The SMILES string of the molecule is C=CCOc1ccc(/C=N\Nc2nc(C)cc(COC)c2C#N)cc1. The maximum atomic E-state index is 9.38. The van der Waals surface area contributed by atoms with Gasteiger partial charge >= 0.3 is 0 Å². The Hall–Kier alpha value is -3.17. The van der Waals surface area contributed by atoms with Gasteiger partial charge in [-0.05, 0) is 42.8 Å². The lowest BCUT2D eigenvalue weighted by Crippen LogP contribution is -2.03. The molecule has 0 saturated heterocycles. The van der Waals surface area contributed by atoms with Crippen LogP contribution in [-0.2, 0) is 11.3 Å². The maximum Gasteiger partial charge on any atom is 0.164 e. The number of ether oxygens (including phenoxy) is 2. The number of pyridine rings is 1. The van der Waals surface area contributed by atoms with Gasteiger partial charge in [-0.3, -0.25) is 5.43 Å². The minimum Gasteiger partial charge on any atom is -0.490 e. The molecule has 0 bridgehead atoms. The van der Waals surface area contributed by atoms with E-state index in [1.54, 1.807) is 19.4 Å². The zero-order chi connectivity index (χ0) is 18.1. The van der Waals surface area contributed by atoms with Crippen LogP contribution in [0.15, 0.2) is 48.1 Å². The molecule has 128 valence electrons. The van der Waals surface area contributed by atoms with Crippen LogP contribution in [0.25, 0.3) is 0 Å². The summed E-state index contributed by atoms with van der Waals surface area (Å²) < 4.78 is 10.6. The summed E-state index contributed by atoms with van der Waals surface area (Å²) in [6.07, 6.45) is 3.34. The Labute approximate surface area is 147 Å². The Balaban J connectivity index is 2.11. The quantitative estimate of drug-likeness (QED) is 0.454. The highest BCUT2D eigenvalue weighted by Crippen LogP contribution is 2.19. The fourth-order valence-electron chi connectivity index (χ4n) is 2.19. The van der Waals surface area contributed by atoms with E-state index in [2.05, 4.69) is 28.2 Å². The summed E-state index contributed by atoms with van der Waals surface area (Å²) in [6.45, 7) is 6.28. The predicted octanol–water partition coefficient (Wildman–Crippen LogP) is 3.42. The summed E-state index contributed by atoms with van der Waals surface area (Å²) in [5.74, 6) is 1.18. The van der Waals surface area contributed by atoms with E-state index in [0.717, 1.165) is 22.6 Å². The molecule has 0 fully saturated rings. The van der Waals surface area contributed by atoms with Crippen molar-refractivity contribution in [1.29, 1.82) is 5.26 Å². The highest BCUT2D eigenvalue weighted by molar-refractivity contribution is 5.80. The molecular weight excluding hydrogens is 316 g/mol. The van der Waals surface area contributed by atoms with Crippen LogP contribution in [0.2, 0.25) is 0 Å². The molecule has 1 N–H and O–H groups in total. The van der Waals surface area contributed by atoms with Crippen molar-refractivity contribution in [3.63, 3.8) is 0 Å². The van der Waals surface area contributed by atoms with Crippen LogP contribution in [0.1, 0.15) is 22.4 Å². The van der Waals surface area contributed by atoms with Gasteiger partial charge in [0.05, 0.1) is 12.8 Å². The molecule has 0 saturated carbocycles. The van der Waals surface area contributed by atoms with Crippen LogP contribution in [0, 0.1) is 18.3 Å². The molecule has 1 heterocycles. The van der Waals surface area contributed by atoms with E-state index in [-0.39, 0.29) is 0 Å². The van der Waals surface area contributed by atoms with E-state index in [1.807, 2.05) is 37.3 Å². The number of aryl methyl sites for hydroxylation is 1. The van der Waals surface area contributed by atoms with Gasteiger partial charge in [-0.1, -0.05) is 12.7 Å². The molecule has 6 heteroatoms. The van der Waals surface area contributed by atoms with Crippen LogP contribution < -0.4 is 10.2 Å². The van der Waals surface area contributed by atoms with Gasteiger partial charge in [-0.2, -0.15) is 10.4 Å². The third kappa shape index (κ3) is 5.16. The monoisotopic (exact) mass is 336 g/mol. The first-order valence-electron chi connectivity index (χ1n) is 7.70. The third-order valence-electron chi connectivity index (χ3n) is 3.27. The summed E-state index contributed by atoms with van der Waals surface area (Å²) in [6, 6.07) is 11.5. The average Bonchev–Trinajstić information content (AvgIpc) is 2.61. The van der Waals surface area contributed by atoms with Crippen LogP contribution in [0.3, 0.4) is 0 Å². The van der Waals surface area contributed by atoms with Gasteiger partial charge < -0.3 is 9.47 Å². The molecule has 0 atom stereocenters. The second kappa shape index (κ2) is 9.21. The molecule has 0 aliphatic rings. The van der Waals surface area contributed by atoms with E-state index >= 15 is 0 Å². The molecule has 6 nitrogen and oxygen atoms in total. The largest absolute Gasteiger partial charge is 0.490 e. The molecule has 1 aromatic carbocycles. The number of nitrogens with zero attached hydrogens (tertiary/aromatic N) is 3. The molecular formula is C19H20N4O2. The minimum absolute atomic E-state index is 0.344. The van der Waals surface area contributed by atoms with Gasteiger partial charge in [-0.15, -0.1) is 0 Å². The van der Waals surface area contributed by atoms with Crippen LogP contribution in [-0.4, -0.2) is 24.9 Å². The molecule has 0 spiro atoms. The van der Waals surface area contributed by atoms with Crippen molar-refractivity contribution in [3.05, 3.63) is 65.4 Å². The first kappa shape index (κ1) is 18.2. The van der Waals surface area contributed by atoms with Crippen molar-refractivity contribution in [2.75, 3.05) is 19.1 Å². The topological polar surface area (TPSA) is 79.5 Å². The smallest absolute Gasteiger partial charge is 0.164 e. The second-order valence-corrected chi connectivity index (χ2v) is 5.23. The molecule has 25 heavy (non-hydrogen) atoms. The highest BCUT2D eigenvalue weighted by atomic mass is 16.5. The molecule has 2 rings (SSSR count). The van der Waals surface area contributed by atoms with Crippen molar-refractivity contribution in [2.24, 2.45) is 5.10 Å². The zero-order valence-corrected chi connectivity index (χ0v) is 14.3. The normalized spacial score (nSPS) is 10.4. The Morgan fingerprint density at radius 3 is 2.76 bits per heavy atom. The van der Waals surface area contributed by atoms with E-state index in [1.165, 1.54) is 0 Å². The van der Waals surface area contributed by atoms with Crippen LogP contribution in [0.5, 0.6) is 5.75 Å². The van der Waals surface area contributed by atoms with E-state index in [0.29, 0.717) is 24.6 Å². The fraction of sp³-hybridized carbons (Fsp3) is 0.211. The molecule has 2 aromatic rings. The second-order valence-electron chi connectivity index (χ2n) is 5.23. The van der Waals surface area contributed by atoms with Gasteiger partial charge in [0.1, 0.15) is 24.0 Å². The lowest BCUT2D eigenvalue weighted by atomic mass is 10.1. The number of benzene rings is 1. The zero-order valence-electron chi connectivity index (χ0n) is 14.3. The van der Waals surface area contributed by atoms with Crippen molar-refractivity contribution in [3.8, 4) is 11.8 Å². The number of rotatable bonds is 8. The lowest BCUT2D eigenvalue weighted by molar-refractivity contribution is 0.184. The number of hydrogen-bond acceptors (Lipinski definition) is 6. The summed E-state index contributed by atoms with van der Waals surface area (Å²) in [5, 5.41) is 13.5. The maximum absolute atomic E-state index is 9.38. The fourth-order valence-corrected chi connectivity index (χ4v) is 2.19. The molecule has 0 aliphatic carbocycles. The first-order chi connectivity index (χ1) is 12.2. The highest BCUT2D eigenvalue weighted by Gasteiger charge is 2.10. The Morgan fingerprint density at radius 2 is 2.12 bits per heavy atom. The van der Waals surface area contributed by atoms with E-state index in [4.69, 9.17) is 9.47 Å². The summed E-state index contributed by atoms with van der Waals surface area (Å²) in [7, 11) is 1.59. The van der Waals surface area contributed by atoms with E-state index in [9.17, 15) is 5.26 Å². The molecule has 1 aromatic heterocycles. The summed E-state index contributed by atoms with van der Waals surface area (Å²) in [5.41, 5.74) is 5.72. The first-order valence-corrected chi connectivity index (χ1v) is 7.70. The molecule has 0 aliphatic heterocycles. The number of nitrogens with one attached hydrogen (secondary N) is 1. The Kier molecular flexibility index (Phi) is 6.69. The lowest BCUT2D eigenvalue weighted by Gasteiger charge is -2.09. The number of hydrogen-bond donors (Lipinski definition) is 1. The summed E-state index contributed by atoms with van der Waals surface area (Å²) in [4.78, 5) is 4.33. The van der Waals surface area contributed by atoms with Gasteiger partial charge in [0, 0.05) is 18.4 Å². The van der Waals surface area contributed by atoms with Crippen molar-refractivity contribution in [2.45, 2.75) is 13.5 Å². The molecule has 0 radical (unpaired) electrons. The standard InChI is InChI=1S/C19H20N4O2/c1-4-9-25-17-7-5-15(6-8-17)12-21-23-19-18(11-20)16(13-24-3)10-14(2)22-19/h4-8,10,12H,1,9,13H2,2-3H3,(H,22,23)/b21-12-. The third-order valence-corrected chi connectivity index (χ3v) is 3.27. The van der Waals surface area contributed by atoms with E-state index < -0.39 is 0 Å². The van der Waals surface area contributed by atoms with Gasteiger partial charge in [-0.25, -0.2) is 4.98 Å². The number of aromatic nitrogens is 1. The summed E-state index contributed by atoms with van der Waals surface area (Å²) >= 11 is 0. The minimum atomic E-state index is 0.344. The van der Waals surface area contributed by atoms with Gasteiger partial charge in [0.25, 0.3) is 0 Å². The van der Waals surface area contributed by atoms with Crippen molar-refractivity contribution >= 4 is 12.0 Å². The number of anilines is 1. The van der Waals surface area contributed by atoms with Gasteiger partial charge in [0.15, 0.2) is 5.82 Å². The van der Waals surface area contributed by atoms with Crippen molar-refractivity contribution in [1.82, 2.24) is 4.98 Å².